The number of carbonyl (C=O) groups excluding carboxylic acids is 1. The van der Waals surface area contributed by atoms with Crippen molar-refractivity contribution in [1.29, 1.82) is 0 Å². The Bertz CT molecular complexity index is 392. The largest absolute Gasteiger partial charge is 0.472 e. The molecule has 0 N–H and O–H groups in total. The van der Waals surface area contributed by atoms with Gasteiger partial charge in [-0.05, 0) is 29.3 Å². The molecule has 0 bridgehead atoms. The van der Waals surface area contributed by atoms with Crippen LogP contribution in [0.2, 0.25) is 0 Å². The molecule has 2 nitrogen and oxygen atoms in total. The molecule has 0 saturated heterocycles. The van der Waals surface area contributed by atoms with Gasteiger partial charge >= 0.3 is 0 Å². The van der Waals surface area contributed by atoms with Crippen molar-refractivity contribution in [3.8, 4) is 11.1 Å². The van der Waals surface area contributed by atoms with Crippen LogP contribution in [0.4, 0.5) is 0 Å². The highest BCUT2D eigenvalue weighted by Crippen LogP contribution is 2.28. The highest BCUT2D eigenvalue weighted by atomic mass is 35.5. The topological polar surface area (TPSA) is 30.2 Å². The van der Waals surface area contributed by atoms with Crippen LogP contribution in [0.15, 0.2) is 35.1 Å². The zero-order valence-electron chi connectivity index (χ0n) is 6.08. The molecule has 0 radical (unpaired) electrons. The fourth-order valence-corrected chi connectivity index (χ4v) is 1.35. The Morgan fingerprint density at radius 1 is 1.33 bits per heavy atom. The Kier molecular flexibility index (Phi) is 1.62. The summed E-state index contributed by atoms with van der Waals surface area (Å²) >= 11 is 5.35. The summed E-state index contributed by atoms with van der Waals surface area (Å²) in [6, 6.07) is 5.22. The molecule has 60 valence electrons. The first-order valence-electron chi connectivity index (χ1n) is 3.44. The van der Waals surface area contributed by atoms with Crippen LogP contribution in [0.1, 0.15) is 10.4 Å². The van der Waals surface area contributed by atoms with Gasteiger partial charge in [-0.25, -0.2) is 0 Å². The van der Waals surface area contributed by atoms with Gasteiger partial charge in [0.2, 0.25) is 0 Å². The average Bonchev–Trinajstić information content (AvgIpc) is 2.47. The number of fused-ring (bicyclic) bond motifs is 1. The zero-order chi connectivity index (χ0) is 8.55. The number of halogens is 1. The average molecular weight is 181 g/mol. The molecule has 1 aliphatic carbocycles. The van der Waals surface area contributed by atoms with Gasteiger partial charge in [-0.1, -0.05) is 6.07 Å². The Balaban J connectivity index is 2.67. The molecular weight excluding hydrogens is 176 g/mol. The zero-order valence-corrected chi connectivity index (χ0v) is 6.84. The lowest BCUT2D eigenvalue weighted by Crippen LogP contribution is -1.86. The van der Waals surface area contributed by atoms with Gasteiger partial charge in [0, 0.05) is 11.1 Å². The fraction of sp³-hybridized carbons (Fsp3) is 0. The molecule has 0 aromatic carbocycles. The van der Waals surface area contributed by atoms with Gasteiger partial charge in [-0.2, -0.15) is 0 Å². The lowest BCUT2D eigenvalue weighted by atomic mass is 10.1. The Labute approximate surface area is 74.1 Å². The molecule has 0 saturated carbocycles. The normalized spacial score (nSPS) is 10.4. The summed E-state index contributed by atoms with van der Waals surface area (Å²) in [6.07, 6.45) is 3.10. The molecule has 3 heteroatoms. The maximum atomic E-state index is 10.9. The predicted molar refractivity (Wildman–Crippen MR) is 45.5 cm³/mol. The van der Waals surface area contributed by atoms with E-state index in [9.17, 15) is 4.79 Å². The van der Waals surface area contributed by atoms with Crippen molar-refractivity contribution in [3.63, 3.8) is 0 Å². The fourth-order valence-electron chi connectivity index (χ4n) is 1.19. The van der Waals surface area contributed by atoms with Gasteiger partial charge in [0.15, 0.2) is 0 Å². The van der Waals surface area contributed by atoms with Crippen molar-refractivity contribution < 1.29 is 9.21 Å². The van der Waals surface area contributed by atoms with E-state index in [2.05, 4.69) is 0 Å². The number of hydrogen-bond acceptors (Lipinski definition) is 2. The van der Waals surface area contributed by atoms with Crippen molar-refractivity contribution in [2.24, 2.45) is 0 Å². The van der Waals surface area contributed by atoms with Gasteiger partial charge in [0.25, 0.3) is 5.24 Å². The van der Waals surface area contributed by atoms with E-state index in [1.807, 2.05) is 0 Å². The lowest BCUT2D eigenvalue weighted by Gasteiger charge is -1.96. The molecule has 0 unspecified atom stereocenters. The van der Waals surface area contributed by atoms with Gasteiger partial charge in [0.1, 0.15) is 0 Å². The molecule has 0 spiro atoms. The second kappa shape index (κ2) is 2.64. The minimum atomic E-state index is -0.434. The summed E-state index contributed by atoms with van der Waals surface area (Å²) in [5.74, 6) is 0. The third-order valence-corrected chi connectivity index (χ3v) is 1.95. The number of rotatable bonds is 1. The van der Waals surface area contributed by atoms with Crippen LogP contribution >= 0.6 is 11.6 Å². The van der Waals surface area contributed by atoms with E-state index in [-0.39, 0.29) is 0 Å². The standard InChI is InChI=1S/C9H5ClO2/c10-9(11)8-2-1-6-5-12-4-3-7(6)8/h1-5H. The highest BCUT2D eigenvalue weighted by Gasteiger charge is 2.13. The van der Waals surface area contributed by atoms with Crippen LogP contribution < -0.4 is 0 Å². The first-order chi connectivity index (χ1) is 5.79. The quantitative estimate of drug-likeness (QED) is 0.632. The van der Waals surface area contributed by atoms with E-state index in [1.54, 1.807) is 24.5 Å². The summed E-state index contributed by atoms with van der Waals surface area (Å²) < 4.78 is 4.93. The first kappa shape index (κ1) is 7.37. The molecule has 2 aliphatic rings. The molecule has 0 fully saturated rings. The lowest BCUT2D eigenvalue weighted by molar-refractivity contribution is 0.108. The second-order valence-electron chi connectivity index (χ2n) is 2.45. The highest BCUT2D eigenvalue weighted by molar-refractivity contribution is 6.68. The summed E-state index contributed by atoms with van der Waals surface area (Å²) in [6.45, 7) is 0. The summed E-state index contributed by atoms with van der Waals surface area (Å²) in [5.41, 5.74) is 2.25. The van der Waals surface area contributed by atoms with Crippen molar-refractivity contribution in [1.82, 2.24) is 0 Å². The van der Waals surface area contributed by atoms with Crippen LogP contribution in [0.25, 0.3) is 11.1 Å². The van der Waals surface area contributed by atoms with Crippen LogP contribution in [-0.2, 0) is 0 Å². The van der Waals surface area contributed by atoms with Crippen molar-refractivity contribution in [3.05, 3.63) is 36.3 Å². The molecule has 0 amide bonds. The summed E-state index contributed by atoms with van der Waals surface area (Å²) in [5, 5.41) is -0.434. The van der Waals surface area contributed by atoms with Crippen molar-refractivity contribution in [2.45, 2.75) is 0 Å². The maximum Gasteiger partial charge on any atom is 0.253 e. The summed E-state index contributed by atoms with van der Waals surface area (Å²) in [7, 11) is 0. The Morgan fingerprint density at radius 3 is 2.92 bits per heavy atom. The third kappa shape index (κ3) is 1.01. The number of carbonyl (C=O) groups is 1. The minimum absolute atomic E-state index is 0.434. The molecule has 0 atom stereocenters. The van der Waals surface area contributed by atoms with Crippen LogP contribution in [0.3, 0.4) is 0 Å². The third-order valence-electron chi connectivity index (χ3n) is 1.75. The minimum Gasteiger partial charge on any atom is -0.472 e. The first-order valence-corrected chi connectivity index (χ1v) is 3.81. The smallest absolute Gasteiger partial charge is 0.253 e. The molecule has 0 aromatic rings. The van der Waals surface area contributed by atoms with Crippen LogP contribution in [0.5, 0.6) is 0 Å². The van der Waals surface area contributed by atoms with Crippen molar-refractivity contribution >= 4 is 16.8 Å². The predicted octanol–water partition coefficient (Wildman–Crippen LogP) is 2.76. The van der Waals surface area contributed by atoms with Gasteiger partial charge in [-0.3, -0.25) is 4.79 Å². The Hall–Kier alpha value is -1.28. The van der Waals surface area contributed by atoms with E-state index < -0.39 is 5.24 Å². The maximum absolute atomic E-state index is 10.9. The molecule has 1 aliphatic heterocycles. The SMILES string of the molecule is O=C(Cl)c1ccc2coccc1-2. The van der Waals surface area contributed by atoms with E-state index in [0.717, 1.165) is 11.1 Å². The van der Waals surface area contributed by atoms with E-state index in [1.165, 1.54) is 6.26 Å². The Morgan fingerprint density at radius 2 is 2.17 bits per heavy atom. The summed E-state index contributed by atoms with van der Waals surface area (Å²) in [4.78, 5) is 10.9. The van der Waals surface area contributed by atoms with Crippen molar-refractivity contribution in [2.75, 3.05) is 0 Å². The van der Waals surface area contributed by atoms with E-state index in [0.29, 0.717) is 5.56 Å². The van der Waals surface area contributed by atoms with Gasteiger partial charge in [0.05, 0.1) is 12.5 Å². The van der Waals surface area contributed by atoms with Gasteiger partial charge < -0.3 is 4.42 Å². The van der Waals surface area contributed by atoms with Gasteiger partial charge in [-0.15, -0.1) is 0 Å². The van der Waals surface area contributed by atoms with Crippen LogP contribution in [0, 0.1) is 0 Å². The molecule has 12 heavy (non-hydrogen) atoms. The van der Waals surface area contributed by atoms with E-state index >= 15 is 0 Å². The second-order valence-corrected chi connectivity index (χ2v) is 2.79. The molecular formula is C9H5ClO2. The van der Waals surface area contributed by atoms with Crippen LogP contribution in [-0.4, -0.2) is 5.24 Å². The molecule has 2 rings (SSSR count). The molecule has 1 heterocycles. The van der Waals surface area contributed by atoms with E-state index in [4.69, 9.17) is 16.0 Å². The monoisotopic (exact) mass is 180 g/mol. The molecule has 0 aromatic heterocycles. The number of hydrogen-bond donors (Lipinski definition) is 0.